The average Bonchev–Trinajstić information content (AvgIpc) is 3.16. The Labute approximate surface area is 165 Å². The Bertz CT molecular complexity index is 894. The number of nitrogens with one attached hydrogen (secondary N) is 1. The van der Waals surface area contributed by atoms with Crippen molar-refractivity contribution in [3.8, 4) is 0 Å². The molecule has 1 atom stereocenters. The van der Waals surface area contributed by atoms with Gasteiger partial charge in [-0.2, -0.15) is 4.89 Å². The molecule has 12 heteroatoms. The Morgan fingerprint density at radius 3 is 2.69 bits per heavy atom. The van der Waals surface area contributed by atoms with E-state index in [4.69, 9.17) is 14.7 Å². The van der Waals surface area contributed by atoms with E-state index < -0.39 is 17.0 Å². The molecule has 0 amide bonds. The van der Waals surface area contributed by atoms with Crippen molar-refractivity contribution in [2.75, 3.05) is 30.4 Å². The highest BCUT2D eigenvalue weighted by Crippen LogP contribution is 2.37. The minimum Gasteiger partial charge on any atom is -0.351 e. The third-order valence-corrected chi connectivity index (χ3v) is 4.83. The van der Waals surface area contributed by atoms with E-state index in [-0.39, 0.29) is 28.9 Å². The molecule has 1 N–H and O–H groups in total. The van der Waals surface area contributed by atoms with Gasteiger partial charge >= 0.3 is 5.69 Å². The highest BCUT2D eigenvalue weighted by molar-refractivity contribution is 5.74. The first-order valence-electron chi connectivity index (χ1n) is 9.03. The molecule has 0 radical (unpaired) electrons. The molecule has 2 fully saturated rings. The Morgan fingerprint density at radius 2 is 2.03 bits per heavy atom. The number of nitro groups is 1. The number of hydrogen-bond donors (Lipinski definition) is 1. The molecule has 2 saturated heterocycles. The van der Waals surface area contributed by atoms with Gasteiger partial charge in [-0.1, -0.05) is 12.1 Å². The predicted octanol–water partition coefficient (Wildman–Crippen LogP) is 2.55. The first-order valence-corrected chi connectivity index (χ1v) is 9.03. The van der Waals surface area contributed by atoms with Gasteiger partial charge in [-0.05, 0) is 30.2 Å². The van der Waals surface area contributed by atoms with Gasteiger partial charge in [0.1, 0.15) is 12.1 Å². The number of rotatable bonds is 5. The van der Waals surface area contributed by atoms with E-state index in [2.05, 4.69) is 15.3 Å². The minimum atomic E-state index is -0.559. The number of nitrogens with zero attached hydrogens (tertiary/aromatic N) is 5. The minimum absolute atomic E-state index is 0.0651. The standard InChI is InChI=1S/C17H19FN6O5/c1-22-27-17(28-29-22)11-6-8-23(9-7-11)16-14(24(25)26)15(19-10-20-16)21-13-5-3-2-4-12(13)18/h2-5,10-11,17H,6-9H2,1H3,(H,19,20,21). The highest BCUT2D eigenvalue weighted by atomic mass is 19.1. The molecule has 0 aliphatic carbocycles. The molecule has 0 saturated carbocycles. The van der Waals surface area contributed by atoms with E-state index in [9.17, 15) is 14.5 Å². The van der Waals surface area contributed by atoms with Crippen LogP contribution >= 0.6 is 0 Å². The molecule has 3 heterocycles. The summed E-state index contributed by atoms with van der Waals surface area (Å²) in [7, 11) is 1.59. The van der Waals surface area contributed by atoms with Crippen molar-refractivity contribution in [3.63, 3.8) is 0 Å². The van der Waals surface area contributed by atoms with Gasteiger partial charge in [0.2, 0.25) is 17.9 Å². The molecular weight excluding hydrogens is 387 g/mol. The SMILES string of the molecule is CN1OOC(C2CCN(c3ncnc(Nc4ccccc4F)c3[N+](=O)[O-])CC2)O1. The monoisotopic (exact) mass is 406 g/mol. The molecule has 29 heavy (non-hydrogen) atoms. The zero-order chi connectivity index (χ0) is 20.4. The summed E-state index contributed by atoms with van der Waals surface area (Å²) in [6, 6.07) is 5.89. The van der Waals surface area contributed by atoms with Gasteiger partial charge in [0.05, 0.1) is 10.6 Å². The lowest BCUT2D eigenvalue weighted by Gasteiger charge is -2.33. The van der Waals surface area contributed by atoms with Crippen LogP contribution in [0.15, 0.2) is 30.6 Å². The smallest absolute Gasteiger partial charge is 0.351 e. The topological polar surface area (TPSA) is 115 Å². The van der Waals surface area contributed by atoms with Crippen LogP contribution in [0.1, 0.15) is 12.8 Å². The molecule has 2 aliphatic heterocycles. The quantitative estimate of drug-likeness (QED) is 0.451. The van der Waals surface area contributed by atoms with E-state index in [0.717, 1.165) is 5.23 Å². The average molecular weight is 406 g/mol. The van der Waals surface area contributed by atoms with E-state index in [1.807, 2.05) is 4.90 Å². The fraction of sp³-hybridized carbons (Fsp3) is 0.412. The normalized spacial score (nSPS) is 20.8. The van der Waals surface area contributed by atoms with Crippen LogP contribution in [0.2, 0.25) is 0 Å². The maximum atomic E-state index is 14.0. The lowest BCUT2D eigenvalue weighted by Crippen LogP contribution is -2.39. The van der Waals surface area contributed by atoms with Gasteiger partial charge in [-0.15, -0.1) is 4.99 Å². The van der Waals surface area contributed by atoms with Gasteiger partial charge in [0.15, 0.2) is 0 Å². The van der Waals surface area contributed by atoms with Crippen molar-refractivity contribution < 1.29 is 24.0 Å². The highest BCUT2D eigenvalue weighted by Gasteiger charge is 2.37. The van der Waals surface area contributed by atoms with Crippen molar-refractivity contribution in [2.24, 2.45) is 5.92 Å². The number of hydrogen-bond acceptors (Lipinski definition) is 10. The third-order valence-electron chi connectivity index (χ3n) is 4.83. The van der Waals surface area contributed by atoms with E-state index in [1.165, 1.54) is 24.5 Å². The van der Waals surface area contributed by atoms with Gasteiger partial charge in [-0.25, -0.2) is 19.2 Å². The van der Waals surface area contributed by atoms with Crippen LogP contribution < -0.4 is 10.2 Å². The summed E-state index contributed by atoms with van der Waals surface area (Å²) >= 11 is 0. The van der Waals surface area contributed by atoms with Gasteiger partial charge in [-0.3, -0.25) is 10.1 Å². The van der Waals surface area contributed by atoms with Crippen molar-refractivity contribution in [1.82, 2.24) is 15.2 Å². The van der Waals surface area contributed by atoms with Crippen LogP contribution in [0.5, 0.6) is 0 Å². The maximum Gasteiger partial charge on any atom is 0.353 e. The number of benzene rings is 1. The molecule has 1 unspecified atom stereocenters. The molecule has 0 spiro atoms. The first kappa shape index (κ1) is 19.4. The van der Waals surface area contributed by atoms with Crippen LogP contribution in [0.4, 0.5) is 27.4 Å². The Hall–Kier alpha value is -2.93. The molecule has 0 bridgehead atoms. The Balaban J connectivity index is 1.53. The van der Waals surface area contributed by atoms with Gasteiger partial charge in [0, 0.05) is 26.1 Å². The number of halogens is 1. The third kappa shape index (κ3) is 4.10. The largest absolute Gasteiger partial charge is 0.353 e. The van der Waals surface area contributed by atoms with Crippen LogP contribution in [-0.2, 0) is 14.7 Å². The van der Waals surface area contributed by atoms with Crippen LogP contribution in [0.3, 0.4) is 0 Å². The predicted molar refractivity (Wildman–Crippen MR) is 98.1 cm³/mol. The molecule has 1 aromatic heterocycles. The summed E-state index contributed by atoms with van der Waals surface area (Å²) in [6.45, 7) is 1.02. The summed E-state index contributed by atoms with van der Waals surface area (Å²) in [5, 5.41) is 15.6. The Kier molecular flexibility index (Phi) is 5.49. The van der Waals surface area contributed by atoms with Crippen molar-refractivity contribution in [1.29, 1.82) is 0 Å². The number of piperidine rings is 1. The molecule has 4 rings (SSSR count). The summed E-state index contributed by atoms with van der Waals surface area (Å²) in [5.74, 6) is -0.340. The van der Waals surface area contributed by atoms with E-state index in [0.29, 0.717) is 25.9 Å². The van der Waals surface area contributed by atoms with E-state index >= 15 is 0 Å². The van der Waals surface area contributed by atoms with E-state index in [1.54, 1.807) is 13.1 Å². The Morgan fingerprint density at radius 1 is 1.28 bits per heavy atom. The lowest BCUT2D eigenvalue weighted by molar-refractivity contribution is -0.403. The van der Waals surface area contributed by atoms with Crippen molar-refractivity contribution >= 4 is 23.0 Å². The van der Waals surface area contributed by atoms with Crippen LogP contribution in [0.25, 0.3) is 0 Å². The fourth-order valence-electron chi connectivity index (χ4n) is 3.38. The zero-order valence-corrected chi connectivity index (χ0v) is 15.5. The number of hydroxylamine groups is 2. The molecule has 11 nitrogen and oxygen atoms in total. The second kappa shape index (κ2) is 8.21. The zero-order valence-electron chi connectivity index (χ0n) is 15.5. The number of aromatic nitrogens is 2. The number of anilines is 3. The second-order valence-corrected chi connectivity index (χ2v) is 6.67. The molecule has 2 aromatic rings. The lowest BCUT2D eigenvalue weighted by atomic mass is 9.96. The summed E-state index contributed by atoms with van der Waals surface area (Å²) in [5.41, 5.74) is -0.204. The number of para-hydroxylation sites is 1. The molecular formula is C17H19FN6O5. The van der Waals surface area contributed by atoms with Crippen molar-refractivity contribution in [3.05, 3.63) is 46.5 Å². The summed E-state index contributed by atoms with van der Waals surface area (Å²) in [6.07, 6.45) is 2.04. The maximum absolute atomic E-state index is 14.0. The van der Waals surface area contributed by atoms with Crippen molar-refractivity contribution in [2.45, 2.75) is 19.1 Å². The second-order valence-electron chi connectivity index (χ2n) is 6.67. The molecule has 1 aromatic carbocycles. The first-order chi connectivity index (χ1) is 14.0. The fourth-order valence-corrected chi connectivity index (χ4v) is 3.38. The van der Waals surface area contributed by atoms with Gasteiger partial charge < -0.3 is 10.2 Å². The molecule has 2 aliphatic rings. The summed E-state index contributed by atoms with van der Waals surface area (Å²) in [4.78, 5) is 36.4. The molecule has 154 valence electrons. The van der Waals surface area contributed by atoms with Gasteiger partial charge in [0.25, 0.3) is 0 Å². The van der Waals surface area contributed by atoms with Crippen LogP contribution in [0, 0.1) is 21.8 Å². The summed E-state index contributed by atoms with van der Waals surface area (Å²) < 4.78 is 14.0. The van der Waals surface area contributed by atoms with Crippen LogP contribution in [-0.4, -0.2) is 46.5 Å².